The van der Waals surface area contributed by atoms with E-state index < -0.39 is 5.97 Å². The fourth-order valence-corrected chi connectivity index (χ4v) is 4.27. The lowest BCUT2D eigenvalue weighted by Crippen LogP contribution is -2.28. The first-order valence-electron chi connectivity index (χ1n) is 8.71. The molecule has 0 saturated carbocycles. The van der Waals surface area contributed by atoms with Crippen LogP contribution in [0.2, 0.25) is 0 Å². The van der Waals surface area contributed by atoms with Gasteiger partial charge in [0.2, 0.25) is 0 Å². The maximum absolute atomic E-state index is 12.9. The summed E-state index contributed by atoms with van der Waals surface area (Å²) in [7, 11) is 0. The van der Waals surface area contributed by atoms with Crippen molar-refractivity contribution in [1.29, 1.82) is 0 Å². The Balaban J connectivity index is 1.62. The summed E-state index contributed by atoms with van der Waals surface area (Å²) in [5.74, 6) is -0.182. The number of furan rings is 1. The number of carboxylic acids is 1. The number of aromatic carboxylic acids is 1. The van der Waals surface area contributed by atoms with Crippen molar-refractivity contribution in [2.75, 3.05) is 4.90 Å². The molecule has 0 atom stereocenters. The lowest BCUT2D eigenvalue weighted by Gasteiger charge is -2.16. The zero-order valence-electron chi connectivity index (χ0n) is 15.3. The van der Waals surface area contributed by atoms with E-state index in [1.807, 2.05) is 31.2 Å². The molecule has 1 amide bonds. The number of anilines is 1. The molecule has 5 nitrogen and oxygen atoms in total. The predicted octanol–water partition coefficient (Wildman–Crippen LogP) is 5.36. The van der Waals surface area contributed by atoms with E-state index in [1.165, 1.54) is 22.7 Å². The second-order valence-electron chi connectivity index (χ2n) is 6.39. The summed E-state index contributed by atoms with van der Waals surface area (Å²) in [5, 5.41) is 9.15. The Bertz CT molecular complexity index is 1180. The van der Waals surface area contributed by atoms with Gasteiger partial charge in [-0.3, -0.25) is 9.69 Å². The normalized spacial score (nSPS) is 15.3. The Morgan fingerprint density at radius 2 is 1.93 bits per heavy atom. The average molecular weight is 421 g/mol. The Kier molecular flexibility index (Phi) is 5.08. The monoisotopic (exact) mass is 421 g/mol. The van der Waals surface area contributed by atoms with Crippen molar-refractivity contribution in [2.24, 2.45) is 0 Å². The molecule has 0 radical (unpaired) electrons. The van der Waals surface area contributed by atoms with Gasteiger partial charge in [0, 0.05) is 11.6 Å². The number of rotatable bonds is 4. The summed E-state index contributed by atoms with van der Waals surface area (Å²) in [4.78, 5) is 26.1. The molecule has 1 saturated heterocycles. The molecule has 3 aromatic rings. The molecule has 1 fully saturated rings. The largest absolute Gasteiger partial charge is 0.478 e. The average Bonchev–Trinajstić information content (AvgIpc) is 3.28. The van der Waals surface area contributed by atoms with Crippen LogP contribution in [-0.2, 0) is 4.79 Å². The van der Waals surface area contributed by atoms with Gasteiger partial charge in [-0.2, -0.15) is 0 Å². The maximum atomic E-state index is 12.9. The summed E-state index contributed by atoms with van der Waals surface area (Å²) >= 11 is 6.64. The van der Waals surface area contributed by atoms with Crippen molar-refractivity contribution in [2.45, 2.75) is 6.92 Å². The number of para-hydroxylation sites is 1. The third kappa shape index (κ3) is 3.74. The molecule has 1 aliphatic rings. The highest BCUT2D eigenvalue weighted by atomic mass is 32.2. The number of carboxylic acid groups (broad SMARTS) is 1. The van der Waals surface area contributed by atoms with Crippen LogP contribution in [0.25, 0.3) is 17.4 Å². The summed E-state index contributed by atoms with van der Waals surface area (Å²) in [6.45, 7) is 1.93. The first kappa shape index (κ1) is 19.2. The van der Waals surface area contributed by atoms with Gasteiger partial charge in [0.05, 0.1) is 16.2 Å². The minimum atomic E-state index is -1.00. The molecular formula is C22H15NO4S2. The second kappa shape index (κ2) is 7.69. The third-order valence-electron chi connectivity index (χ3n) is 4.44. The Hall–Kier alpha value is -3.16. The van der Waals surface area contributed by atoms with E-state index in [9.17, 15) is 9.59 Å². The van der Waals surface area contributed by atoms with Gasteiger partial charge < -0.3 is 9.52 Å². The fraction of sp³-hybridized carbons (Fsp3) is 0.0455. The third-order valence-corrected chi connectivity index (χ3v) is 5.75. The molecule has 1 aromatic heterocycles. The van der Waals surface area contributed by atoms with Gasteiger partial charge in [-0.15, -0.1) is 0 Å². The molecule has 4 rings (SSSR count). The summed E-state index contributed by atoms with van der Waals surface area (Å²) in [6.07, 6.45) is 1.65. The molecule has 2 heterocycles. The van der Waals surface area contributed by atoms with Crippen molar-refractivity contribution in [3.63, 3.8) is 0 Å². The van der Waals surface area contributed by atoms with Gasteiger partial charge in [0.25, 0.3) is 5.91 Å². The zero-order valence-corrected chi connectivity index (χ0v) is 16.9. The molecule has 2 aromatic carbocycles. The topological polar surface area (TPSA) is 70.8 Å². The molecule has 1 aliphatic heterocycles. The number of nitrogens with zero attached hydrogens (tertiary/aromatic N) is 1. The van der Waals surface area contributed by atoms with Gasteiger partial charge >= 0.3 is 5.97 Å². The van der Waals surface area contributed by atoms with Crippen LogP contribution < -0.4 is 4.90 Å². The van der Waals surface area contributed by atoms with E-state index in [0.717, 1.165) is 11.3 Å². The van der Waals surface area contributed by atoms with Crippen LogP contribution in [0.4, 0.5) is 5.69 Å². The van der Waals surface area contributed by atoms with Crippen LogP contribution in [0.1, 0.15) is 21.7 Å². The predicted molar refractivity (Wildman–Crippen MR) is 118 cm³/mol. The molecule has 29 heavy (non-hydrogen) atoms. The zero-order chi connectivity index (χ0) is 20.5. The van der Waals surface area contributed by atoms with Gasteiger partial charge in [-0.05, 0) is 42.8 Å². The van der Waals surface area contributed by atoms with Crippen molar-refractivity contribution in [1.82, 2.24) is 0 Å². The number of amides is 1. The Morgan fingerprint density at radius 3 is 2.69 bits per heavy atom. The van der Waals surface area contributed by atoms with Crippen molar-refractivity contribution in [3.05, 3.63) is 82.5 Å². The van der Waals surface area contributed by atoms with Crippen molar-refractivity contribution < 1.29 is 19.1 Å². The van der Waals surface area contributed by atoms with Crippen molar-refractivity contribution in [3.8, 4) is 11.3 Å². The molecular weight excluding hydrogens is 406 g/mol. The number of carbonyl (C=O) groups is 2. The highest BCUT2D eigenvalue weighted by Crippen LogP contribution is 2.37. The molecule has 1 N–H and O–H groups in total. The van der Waals surface area contributed by atoms with Gasteiger partial charge in [-0.25, -0.2) is 4.79 Å². The maximum Gasteiger partial charge on any atom is 0.335 e. The quantitative estimate of drug-likeness (QED) is 0.452. The van der Waals surface area contributed by atoms with Crippen LogP contribution in [-0.4, -0.2) is 21.3 Å². The van der Waals surface area contributed by atoms with Crippen LogP contribution >= 0.6 is 24.0 Å². The van der Waals surface area contributed by atoms with Crippen molar-refractivity contribution >= 4 is 51.9 Å². The highest BCUT2D eigenvalue weighted by molar-refractivity contribution is 8.27. The lowest BCUT2D eigenvalue weighted by atomic mass is 10.1. The highest BCUT2D eigenvalue weighted by Gasteiger charge is 2.34. The van der Waals surface area contributed by atoms with E-state index >= 15 is 0 Å². The number of aryl methyl sites for hydroxylation is 1. The van der Waals surface area contributed by atoms with Gasteiger partial charge in [0.15, 0.2) is 4.32 Å². The molecule has 0 spiro atoms. The summed E-state index contributed by atoms with van der Waals surface area (Å²) in [6, 6.07) is 17.6. The fourth-order valence-electron chi connectivity index (χ4n) is 3.01. The summed E-state index contributed by atoms with van der Waals surface area (Å²) in [5.41, 5.74) is 2.56. The summed E-state index contributed by atoms with van der Waals surface area (Å²) < 4.78 is 6.29. The minimum Gasteiger partial charge on any atom is -0.478 e. The van der Waals surface area contributed by atoms with E-state index in [4.69, 9.17) is 21.7 Å². The van der Waals surface area contributed by atoms with E-state index in [1.54, 1.807) is 36.4 Å². The number of thiocarbonyl (C=S) groups is 1. The molecule has 144 valence electrons. The lowest BCUT2D eigenvalue weighted by molar-refractivity contribution is -0.113. The van der Waals surface area contributed by atoms with Crippen LogP contribution in [0.15, 0.2) is 70.0 Å². The first-order chi connectivity index (χ1) is 13.9. The number of hydrogen-bond donors (Lipinski definition) is 1. The number of carbonyl (C=O) groups excluding carboxylic acids is 1. The molecule has 0 aliphatic carbocycles. The SMILES string of the molecule is Cc1ccccc1N1C(=O)/C(=C\c2ccc(-c3cccc(C(=O)O)c3)o2)SC1=S. The van der Waals surface area contributed by atoms with Crippen LogP contribution in [0, 0.1) is 6.92 Å². The second-order valence-corrected chi connectivity index (χ2v) is 8.07. The smallest absolute Gasteiger partial charge is 0.335 e. The number of hydrogen-bond acceptors (Lipinski definition) is 5. The minimum absolute atomic E-state index is 0.180. The standard InChI is InChI=1S/C22H15NO4S2/c1-13-5-2-3-8-17(13)23-20(24)19(29-22(23)28)12-16-9-10-18(27-16)14-6-4-7-15(11-14)21(25)26/h2-12H,1H3,(H,25,26)/b19-12+. The van der Waals surface area contributed by atoms with E-state index in [-0.39, 0.29) is 11.5 Å². The molecule has 0 bridgehead atoms. The number of benzene rings is 2. The Morgan fingerprint density at radius 1 is 1.14 bits per heavy atom. The van der Waals surface area contributed by atoms with Gasteiger partial charge in [0.1, 0.15) is 11.5 Å². The van der Waals surface area contributed by atoms with Crippen LogP contribution in [0.3, 0.4) is 0 Å². The number of thioether (sulfide) groups is 1. The van der Waals surface area contributed by atoms with E-state index in [2.05, 4.69) is 0 Å². The van der Waals surface area contributed by atoms with Gasteiger partial charge in [-0.1, -0.05) is 54.3 Å². The van der Waals surface area contributed by atoms with E-state index in [0.29, 0.717) is 26.3 Å². The Labute approximate surface area is 176 Å². The van der Waals surface area contributed by atoms with Crippen LogP contribution in [0.5, 0.6) is 0 Å². The molecule has 0 unspecified atom stereocenters. The molecule has 7 heteroatoms. The first-order valence-corrected chi connectivity index (χ1v) is 9.93.